The molecule has 4 heterocycles. The lowest BCUT2D eigenvalue weighted by atomic mass is 10.1. The minimum atomic E-state index is -0.0421. The number of H-pyrrole nitrogens is 1. The SMILES string of the molecule is Cc1cc(C)nc([C@H]2CCN(C(=O)c3cc(-c4cccnc4)n[nH]3)C2)n1. The van der Waals surface area contributed by atoms with Crippen LogP contribution in [0.25, 0.3) is 11.3 Å². The van der Waals surface area contributed by atoms with Crippen LogP contribution >= 0.6 is 0 Å². The molecule has 0 aliphatic carbocycles. The lowest BCUT2D eigenvalue weighted by Crippen LogP contribution is -2.29. The van der Waals surface area contributed by atoms with Crippen molar-refractivity contribution in [1.29, 1.82) is 0 Å². The zero-order valence-corrected chi connectivity index (χ0v) is 14.8. The molecule has 7 nitrogen and oxygen atoms in total. The average Bonchev–Trinajstić information content (AvgIpc) is 3.31. The van der Waals surface area contributed by atoms with Crippen molar-refractivity contribution in [2.24, 2.45) is 0 Å². The Bertz CT molecular complexity index is 916. The lowest BCUT2D eigenvalue weighted by molar-refractivity contribution is 0.0784. The molecule has 1 aliphatic heterocycles. The Kier molecular flexibility index (Phi) is 4.20. The van der Waals surface area contributed by atoms with Crippen molar-refractivity contribution in [1.82, 2.24) is 30.0 Å². The van der Waals surface area contributed by atoms with Gasteiger partial charge in [-0.1, -0.05) is 0 Å². The van der Waals surface area contributed by atoms with Crippen LogP contribution in [0.5, 0.6) is 0 Å². The first-order valence-corrected chi connectivity index (χ1v) is 8.67. The van der Waals surface area contributed by atoms with E-state index >= 15 is 0 Å². The molecule has 0 spiro atoms. The summed E-state index contributed by atoms with van der Waals surface area (Å²) in [4.78, 5) is 27.8. The third-order valence-electron chi connectivity index (χ3n) is 4.61. The number of nitrogens with zero attached hydrogens (tertiary/aromatic N) is 5. The highest BCUT2D eigenvalue weighted by molar-refractivity contribution is 5.93. The van der Waals surface area contributed by atoms with Gasteiger partial charge in [-0.25, -0.2) is 9.97 Å². The van der Waals surface area contributed by atoms with Gasteiger partial charge < -0.3 is 4.90 Å². The van der Waals surface area contributed by atoms with Crippen LogP contribution in [0.1, 0.15) is 40.0 Å². The molecule has 1 N–H and O–H groups in total. The van der Waals surface area contributed by atoms with E-state index in [2.05, 4.69) is 25.1 Å². The molecule has 1 aliphatic rings. The number of hydrogen-bond donors (Lipinski definition) is 1. The van der Waals surface area contributed by atoms with Gasteiger partial charge in [0.2, 0.25) is 0 Å². The Morgan fingerprint density at radius 3 is 2.77 bits per heavy atom. The summed E-state index contributed by atoms with van der Waals surface area (Å²) in [6.45, 7) is 5.27. The highest BCUT2D eigenvalue weighted by Gasteiger charge is 2.30. The van der Waals surface area contributed by atoms with Gasteiger partial charge >= 0.3 is 0 Å². The maximum Gasteiger partial charge on any atom is 0.271 e. The van der Waals surface area contributed by atoms with Gasteiger partial charge in [0.05, 0.1) is 5.69 Å². The fourth-order valence-corrected chi connectivity index (χ4v) is 3.36. The lowest BCUT2D eigenvalue weighted by Gasteiger charge is -2.15. The summed E-state index contributed by atoms with van der Waals surface area (Å²) in [5.74, 6) is 0.969. The van der Waals surface area contributed by atoms with E-state index in [1.807, 2.05) is 36.9 Å². The predicted octanol–water partition coefficient (Wildman–Crippen LogP) is 2.51. The molecule has 0 saturated carbocycles. The Morgan fingerprint density at radius 1 is 1.23 bits per heavy atom. The average molecular weight is 348 g/mol. The van der Waals surface area contributed by atoms with E-state index in [-0.39, 0.29) is 11.8 Å². The molecule has 0 radical (unpaired) electrons. The molecule has 7 heteroatoms. The van der Waals surface area contributed by atoms with E-state index in [0.717, 1.165) is 34.9 Å². The second-order valence-corrected chi connectivity index (χ2v) is 6.65. The summed E-state index contributed by atoms with van der Waals surface area (Å²) in [5.41, 5.74) is 4.02. The molecule has 3 aromatic rings. The molecule has 1 amide bonds. The van der Waals surface area contributed by atoms with E-state index in [4.69, 9.17) is 0 Å². The van der Waals surface area contributed by atoms with Gasteiger partial charge in [0.15, 0.2) is 0 Å². The summed E-state index contributed by atoms with van der Waals surface area (Å²) in [5, 5.41) is 7.10. The van der Waals surface area contributed by atoms with Gasteiger partial charge in [0.25, 0.3) is 5.91 Å². The van der Waals surface area contributed by atoms with Crippen LogP contribution in [-0.4, -0.2) is 49.0 Å². The molecule has 1 fully saturated rings. The maximum absolute atomic E-state index is 12.8. The minimum Gasteiger partial charge on any atom is -0.337 e. The number of carbonyl (C=O) groups is 1. The smallest absolute Gasteiger partial charge is 0.271 e. The minimum absolute atomic E-state index is 0.0421. The van der Waals surface area contributed by atoms with Crippen LogP contribution in [0.3, 0.4) is 0 Å². The molecule has 1 saturated heterocycles. The first-order chi connectivity index (χ1) is 12.6. The molecule has 132 valence electrons. The van der Waals surface area contributed by atoms with E-state index < -0.39 is 0 Å². The summed E-state index contributed by atoms with van der Waals surface area (Å²) in [6.07, 6.45) is 4.31. The van der Waals surface area contributed by atoms with Crippen LogP contribution in [0, 0.1) is 13.8 Å². The van der Waals surface area contributed by atoms with Gasteiger partial charge in [0.1, 0.15) is 11.5 Å². The fraction of sp³-hybridized carbons (Fsp3) is 0.316. The molecular formula is C19H20N6O. The molecule has 4 rings (SSSR count). The van der Waals surface area contributed by atoms with E-state index in [9.17, 15) is 4.79 Å². The number of aryl methyl sites for hydroxylation is 2. The predicted molar refractivity (Wildman–Crippen MR) is 96.6 cm³/mol. The highest BCUT2D eigenvalue weighted by Crippen LogP contribution is 2.26. The van der Waals surface area contributed by atoms with Crippen molar-refractivity contribution in [3.63, 3.8) is 0 Å². The van der Waals surface area contributed by atoms with E-state index in [1.54, 1.807) is 18.5 Å². The van der Waals surface area contributed by atoms with Gasteiger partial charge in [-0.2, -0.15) is 5.10 Å². The second-order valence-electron chi connectivity index (χ2n) is 6.65. The second kappa shape index (κ2) is 6.67. The fourth-order valence-electron chi connectivity index (χ4n) is 3.36. The van der Waals surface area contributed by atoms with Gasteiger partial charge in [0, 0.05) is 48.4 Å². The molecule has 0 unspecified atom stereocenters. The molecule has 3 aromatic heterocycles. The van der Waals surface area contributed by atoms with Gasteiger partial charge in [-0.3, -0.25) is 14.9 Å². The van der Waals surface area contributed by atoms with E-state index in [0.29, 0.717) is 18.8 Å². The zero-order valence-electron chi connectivity index (χ0n) is 14.8. The van der Waals surface area contributed by atoms with Crippen molar-refractivity contribution in [2.75, 3.05) is 13.1 Å². The number of carbonyl (C=O) groups excluding carboxylic acids is 1. The quantitative estimate of drug-likeness (QED) is 0.786. The van der Waals surface area contributed by atoms with Crippen molar-refractivity contribution in [3.05, 3.63) is 59.6 Å². The Balaban J connectivity index is 1.49. The highest BCUT2D eigenvalue weighted by atomic mass is 16.2. The van der Waals surface area contributed by atoms with Crippen LogP contribution in [-0.2, 0) is 0 Å². The standard InChI is InChI=1S/C19H20N6O/c1-12-8-13(2)22-18(21-12)15-5-7-25(11-15)19(26)17-9-16(23-24-17)14-4-3-6-20-10-14/h3-4,6,8-10,15H,5,7,11H2,1-2H3,(H,23,24)/t15-/m0/s1. The molecular weight excluding hydrogens is 328 g/mol. The van der Waals surface area contributed by atoms with Crippen molar-refractivity contribution < 1.29 is 4.79 Å². The normalized spacial score (nSPS) is 16.8. The number of likely N-dealkylation sites (tertiary alicyclic amines) is 1. The number of hydrogen-bond acceptors (Lipinski definition) is 5. The number of nitrogens with one attached hydrogen (secondary N) is 1. The zero-order chi connectivity index (χ0) is 18.1. The van der Waals surface area contributed by atoms with Crippen LogP contribution in [0.15, 0.2) is 36.7 Å². The monoisotopic (exact) mass is 348 g/mol. The molecule has 1 atom stereocenters. The number of amides is 1. The summed E-state index contributed by atoms with van der Waals surface area (Å²) >= 11 is 0. The summed E-state index contributed by atoms with van der Waals surface area (Å²) in [7, 11) is 0. The Hall–Kier alpha value is -3.09. The van der Waals surface area contributed by atoms with Crippen molar-refractivity contribution in [2.45, 2.75) is 26.2 Å². The Labute approximate surface area is 151 Å². The first-order valence-electron chi connectivity index (χ1n) is 8.67. The van der Waals surface area contributed by atoms with Crippen LogP contribution in [0.2, 0.25) is 0 Å². The number of rotatable bonds is 3. The van der Waals surface area contributed by atoms with Crippen molar-refractivity contribution in [3.8, 4) is 11.3 Å². The molecule has 26 heavy (non-hydrogen) atoms. The third-order valence-corrected chi connectivity index (χ3v) is 4.61. The first kappa shape index (κ1) is 16.4. The molecule has 0 bridgehead atoms. The number of aromatic amines is 1. The largest absolute Gasteiger partial charge is 0.337 e. The van der Waals surface area contributed by atoms with Crippen molar-refractivity contribution >= 4 is 5.91 Å². The number of pyridine rings is 1. The van der Waals surface area contributed by atoms with E-state index in [1.165, 1.54) is 0 Å². The third kappa shape index (κ3) is 3.20. The molecule has 0 aromatic carbocycles. The van der Waals surface area contributed by atoms with Crippen LogP contribution in [0.4, 0.5) is 0 Å². The van der Waals surface area contributed by atoms with Crippen LogP contribution < -0.4 is 0 Å². The summed E-state index contributed by atoms with van der Waals surface area (Å²) in [6, 6.07) is 7.51. The van der Waals surface area contributed by atoms with Gasteiger partial charge in [-0.15, -0.1) is 0 Å². The topological polar surface area (TPSA) is 87.7 Å². The van der Waals surface area contributed by atoms with Gasteiger partial charge in [-0.05, 0) is 44.5 Å². The summed E-state index contributed by atoms with van der Waals surface area (Å²) < 4.78 is 0. The Morgan fingerprint density at radius 2 is 2.04 bits per heavy atom. The number of aromatic nitrogens is 5. The maximum atomic E-state index is 12.8.